The summed E-state index contributed by atoms with van der Waals surface area (Å²) in [5.41, 5.74) is 0. The molecule has 1 fully saturated rings. The van der Waals surface area contributed by atoms with Gasteiger partial charge in [-0.05, 0) is 42.8 Å². The lowest BCUT2D eigenvalue weighted by molar-refractivity contribution is 0.267. The molecule has 0 heterocycles. The summed E-state index contributed by atoms with van der Waals surface area (Å²) in [4.78, 5) is 0. The summed E-state index contributed by atoms with van der Waals surface area (Å²) in [7, 11) is -1.52. The Balaban J connectivity index is 1.87. The van der Waals surface area contributed by atoms with E-state index in [2.05, 4.69) is 33.9 Å². The molecule has 1 rings (SSSR count). The number of hydrogen-bond donors (Lipinski definition) is 1. The summed E-state index contributed by atoms with van der Waals surface area (Å²) in [6.07, 6.45) is 10.6. The van der Waals surface area contributed by atoms with Gasteiger partial charge in [0, 0.05) is 13.2 Å². The van der Waals surface area contributed by atoms with Crippen LogP contribution in [0.25, 0.3) is 0 Å². The van der Waals surface area contributed by atoms with Gasteiger partial charge in [0.1, 0.15) is 0 Å². The third-order valence-electron chi connectivity index (χ3n) is 5.54. The van der Waals surface area contributed by atoms with Crippen LogP contribution in [0.2, 0.25) is 18.1 Å². The molecule has 0 bridgehead atoms. The van der Waals surface area contributed by atoms with Gasteiger partial charge in [0.2, 0.25) is 0 Å². The summed E-state index contributed by atoms with van der Waals surface area (Å²) < 4.78 is 6.20. The van der Waals surface area contributed by atoms with E-state index >= 15 is 0 Å². The van der Waals surface area contributed by atoms with Crippen molar-refractivity contribution in [2.75, 3.05) is 13.2 Å². The second-order valence-electron chi connectivity index (χ2n) is 8.46. The molecule has 0 amide bonds. The maximum Gasteiger partial charge on any atom is 0.191 e. The van der Waals surface area contributed by atoms with Crippen LogP contribution in [0.1, 0.15) is 72.1 Å². The highest BCUT2D eigenvalue weighted by molar-refractivity contribution is 6.74. The molecule has 0 spiro atoms. The van der Waals surface area contributed by atoms with Crippen LogP contribution in [-0.4, -0.2) is 26.6 Å². The van der Waals surface area contributed by atoms with Crippen molar-refractivity contribution < 1.29 is 9.53 Å². The third kappa shape index (κ3) is 7.29. The molecule has 1 aliphatic rings. The molecule has 0 unspecified atom stereocenters. The van der Waals surface area contributed by atoms with E-state index in [0.717, 1.165) is 12.5 Å². The zero-order valence-corrected chi connectivity index (χ0v) is 16.1. The molecule has 3 heteroatoms. The van der Waals surface area contributed by atoms with Gasteiger partial charge in [0.25, 0.3) is 0 Å². The van der Waals surface area contributed by atoms with E-state index < -0.39 is 8.32 Å². The predicted molar refractivity (Wildman–Crippen MR) is 94.2 cm³/mol. The zero-order chi connectivity index (χ0) is 15.9. The molecule has 2 atom stereocenters. The lowest BCUT2D eigenvalue weighted by Gasteiger charge is -2.36. The molecular formula is C18H38O2Si. The Labute approximate surface area is 133 Å². The molecule has 126 valence electrons. The van der Waals surface area contributed by atoms with E-state index in [1.807, 2.05) is 0 Å². The van der Waals surface area contributed by atoms with Crippen LogP contribution >= 0.6 is 0 Å². The van der Waals surface area contributed by atoms with Gasteiger partial charge in [0.05, 0.1) is 0 Å². The summed E-state index contributed by atoms with van der Waals surface area (Å²) in [6.45, 7) is 13.0. The summed E-state index contributed by atoms with van der Waals surface area (Å²) in [5, 5.41) is 9.33. The fourth-order valence-electron chi connectivity index (χ4n) is 2.65. The quantitative estimate of drug-likeness (QED) is 0.410. The minimum Gasteiger partial charge on any atom is -0.417 e. The Morgan fingerprint density at radius 1 is 0.952 bits per heavy atom. The highest BCUT2D eigenvalue weighted by Crippen LogP contribution is 2.41. The van der Waals surface area contributed by atoms with Gasteiger partial charge < -0.3 is 9.53 Å². The highest BCUT2D eigenvalue weighted by Gasteiger charge is 2.36. The van der Waals surface area contributed by atoms with E-state index in [1.165, 1.54) is 51.4 Å². The van der Waals surface area contributed by atoms with Crippen molar-refractivity contribution in [3.8, 4) is 0 Å². The van der Waals surface area contributed by atoms with Gasteiger partial charge in [-0.3, -0.25) is 0 Å². The Kier molecular flexibility index (Phi) is 7.94. The molecule has 0 aromatic carbocycles. The Hall–Kier alpha value is 0.137. The van der Waals surface area contributed by atoms with E-state index in [-0.39, 0.29) is 0 Å². The lowest BCUT2D eigenvalue weighted by atomic mass is 10.1. The van der Waals surface area contributed by atoms with E-state index in [1.54, 1.807) is 0 Å². The van der Waals surface area contributed by atoms with Crippen molar-refractivity contribution in [2.24, 2.45) is 11.8 Å². The second kappa shape index (κ2) is 8.69. The maximum absolute atomic E-state index is 9.00. The van der Waals surface area contributed by atoms with Gasteiger partial charge in [-0.1, -0.05) is 59.3 Å². The van der Waals surface area contributed by atoms with Crippen LogP contribution in [0.4, 0.5) is 0 Å². The van der Waals surface area contributed by atoms with Gasteiger partial charge in [-0.15, -0.1) is 0 Å². The van der Waals surface area contributed by atoms with Gasteiger partial charge in [-0.2, -0.15) is 0 Å². The minimum atomic E-state index is -1.52. The topological polar surface area (TPSA) is 29.5 Å². The van der Waals surface area contributed by atoms with Crippen LogP contribution in [-0.2, 0) is 4.43 Å². The lowest BCUT2D eigenvalue weighted by Crippen LogP contribution is -2.40. The number of rotatable bonds is 11. The van der Waals surface area contributed by atoms with Crippen LogP contribution in [0.3, 0.4) is 0 Å². The van der Waals surface area contributed by atoms with Crippen molar-refractivity contribution >= 4 is 8.32 Å². The van der Waals surface area contributed by atoms with Crippen molar-refractivity contribution in [3.05, 3.63) is 0 Å². The zero-order valence-electron chi connectivity index (χ0n) is 15.1. The van der Waals surface area contributed by atoms with Crippen molar-refractivity contribution in [3.63, 3.8) is 0 Å². The average molecular weight is 315 g/mol. The molecule has 1 aliphatic carbocycles. The standard InChI is InChI=1S/C18H38O2Si/c1-18(2,3)21(4,5)20-13-11-9-7-6-8-10-12-16-14-17(16)15-19/h16-17,19H,6-15H2,1-5H3/t16-,17-/m1/s1. The number of aliphatic hydroxyl groups excluding tert-OH is 1. The van der Waals surface area contributed by atoms with Crippen LogP contribution in [0.15, 0.2) is 0 Å². The third-order valence-corrected chi connectivity index (χ3v) is 10.1. The molecular weight excluding hydrogens is 276 g/mol. The first-order valence-corrected chi connectivity index (χ1v) is 11.9. The SMILES string of the molecule is CC(C)(C)[Si](C)(C)OCCCCCCCC[C@@H]1C[C@@H]1CO. The average Bonchev–Trinajstić information content (AvgIpc) is 3.14. The molecule has 21 heavy (non-hydrogen) atoms. The van der Waals surface area contributed by atoms with Gasteiger partial charge in [0.15, 0.2) is 8.32 Å². The first kappa shape index (κ1) is 19.2. The van der Waals surface area contributed by atoms with Crippen molar-refractivity contribution in [2.45, 2.75) is 90.3 Å². The maximum atomic E-state index is 9.00. The largest absolute Gasteiger partial charge is 0.417 e. The highest BCUT2D eigenvalue weighted by atomic mass is 28.4. The van der Waals surface area contributed by atoms with Crippen molar-refractivity contribution in [1.82, 2.24) is 0 Å². The molecule has 1 saturated carbocycles. The van der Waals surface area contributed by atoms with E-state index in [4.69, 9.17) is 9.53 Å². The normalized spacial score (nSPS) is 22.6. The molecule has 0 aromatic rings. The Bertz CT molecular complexity index is 283. The molecule has 0 saturated heterocycles. The first-order valence-electron chi connectivity index (χ1n) is 9.03. The monoisotopic (exact) mass is 314 g/mol. The smallest absolute Gasteiger partial charge is 0.191 e. The number of unbranched alkanes of at least 4 members (excludes halogenated alkanes) is 5. The van der Waals surface area contributed by atoms with E-state index in [0.29, 0.717) is 17.6 Å². The van der Waals surface area contributed by atoms with E-state index in [9.17, 15) is 0 Å². The minimum absolute atomic E-state index is 0.336. The van der Waals surface area contributed by atoms with Gasteiger partial charge in [-0.25, -0.2) is 0 Å². The van der Waals surface area contributed by atoms with Crippen molar-refractivity contribution in [1.29, 1.82) is 0 Å². The summed E-state index contributed by atoms with van der Waals surface area (Å²) in [6, 6.07) is 0. The van der Waals surface area contributed by atoms with Gasteiger partial charge >= 0.3 is 0 Å². The van der Waals surface area contributed by atoms with Crippen LogP contribution < -0.4 is 0 Å². The Morgan fingerprint density at radius 2 is 1.52 bits per heavy atom. The molecule has 0 aromatic heterocycles. The first-order chi connectivity index (χ1) is 9.78. The van der Waals surface area contributed by atoms with Crippen LogP contribution in [0, 0.1) is 11.8 Å². The predicted octanol–water partition coefficient (Wildman–Crippen LogP) is 5.37. The molecule has 0 aliphatic heterocycles. The summed E-state index contributed by atoms with van der Waals surface area (Å²) in [5.74, 6) is 1.51. The number of hydrogen-bond acceptors (Lipinski definition) is 2. The summed E-state index contributed by atoms with van der Waals surface area (Å²) >= 11 is 0. The molecule has 1 N–H and O–H groups in total. The number of aliphatic hydroxyl groups is 1. The molecule has 0 radical (unpaired) electrons. The fraction of sp³-hybridized carbons (Fsp3) is 1.00. The van der Waals surface area contributed by atoms with Crippen LogP contribution in [0.5, 0.6) is 0 Å². The Morgan fingerprint density at radius 3 is 2.05 bits per heavy atom. The fourth-order valence-corrected chi connectivity index (χ4v) is 3.73. The second-order valence-corrected chi connectivity index (χ2v) is 13.3. The molecule has 2 nitrogen and oxygen atoms in total.